The number of aliphatic carboxylic acids is 1. The summed E-state index contributed by atoms with van der Waals surface area (Å²) in [6.07, 6.45) is 5.07. The predicted molar refractivity (Wildman–Crippen MR) is 112 cm³/mol. The van der Waals surface area contributed by atoms with E-state index in [0.29, 0.717) is 24.5 Å². The zero-order valence-electron chi connectivity index (χ0n) is 17.3. The van der Waals surface area contributed by atoms with E-state index in [-0.39, 0.29) is 18.3 Å². The van der Waals surface area contributed by atoms with Crippen molar-refractivity contribution in [3.63, 3.8) is 0 Å². The quantitative estimate of drug-likeness (QED) is 0.639. The van der Waals surface area contributed by atoms with Crippen LogP contribution < -0.4 is 4.74 Å². The van der Waals surface area contributed by atoms with Crippen molar-refractivity contribution >= 4 is 5.97 Å². The van der Waals surface area contributed by atoms with E-state index in [1.54, 1.807) is 0 Å². The maximum atomic E-state index is 13.9. The lowest BCUT2D eigenvalue weighted by atomic mass is 9.95. The Labute approximate surface area is 176 Å². The summed E-state index contributed by atoms with van der Waals surface area (Å²) >= 11 is 0. The fraction of sp³-hybridized carbons (Fsp3) is 0.458. The number of halogens is 2. The summed E-state index contributed by atoms with van der Waals surface area (Å²) in [6, 6.07) is 10.8. The molecule has 1 unspecified atom stereocenters. The van der Waals surface area contributed by atoms with Crippen molar-refractivity contribution in [2.24, 2.45) is 5.92 Å². The molecule has 2 aromatic carbocycles. The minimum Gasteiger partial charge on any atom is -0.493 e. The SMILES string of the molecule is C1CC1.CC(c1cc(F)ccc1F)N1CC(COc2cccc(CCC(=O)O)c2)C1. The molecule has 0 radical (unpaired) electrons. The molecule has 1 heterocycles. The Morgan fingerprint density at radius 2 is 1.90 bits per heavy atom. The van der Waals surface area contributed by atoms with Crippen LogP contribution in [-0.4, -0.2) is 35.7 Å². The van der Waals surface area contributed by atoms with Crippen molar-refractivity contribution in [1.29, 1.82) is 0 Å². The molecule has 1 aliphatic heterocycles. The van der Waals surface area contributed by atoms with Gasteiger partial charge in [-0.05, 0) is 49.2 Å². The number of nitrogens with zero attached hydrogens (tertiary/aromatic N) is 1. The van der Waals surface area contributed by atoms with Crippen molar-refractivity contribution in [1.82, 2.24) is 4.90 Å². The van der Waals surface area contributed by atoms with Crippen LogP contribution in [0.4, 0.5) is 8.78 Å². The molecule has 2 aliphatic rings. The van der Waals surface area contributed by atoms with Crippen molar-refractivity contribution in [3.05, 3.63) is 65.2 Å². The minimum absolute atomic E-state index is 0.0928. The van der Waals surface area contributed by atoms with Gasteiger partial charge in [-0.1, -0.05) is 31.4 Å². The van der Waals surface area contributed by atoms with Crippen LogP contribution in [0.3, 0.4) is 0 Å². The molecule has 0 amide bonds. The van der Waals surface area contributed by atoms with Crippen LogP contribution >= 0.6 is 0 Å². The number of benzene rings is 2. The summed E-state index contributed by atoms with van der Waals surface area (Å²) < 4.78 is 33.1. The maximum absolute atomic E-state index is 13.9. The van der Waals surface area contributed by atoms with E-state index >= 15 is 0 Å². The first kappa shape index (κ1) is 22.2. The van der Waals surface area contributed by atoms with Gasteiger partial charge in [0.25, 0.3) is 0 Å². The number of carboxylic acids is 1. The number of aryl methyl sites for hydroxylation is 1. The van der Waals surface area contributed by atoms with Gasteiger partial charge in [0.1, 0.15) is 17.4 Å². The van der Waals surface area contributed by atoms with E-state index in [2.05, 4.69) is 4.90 Å². The van der Waals surface area contributed by atoms with Crippen molar-refractivity contribution in [2.45, 2.75) is 45.1 Å². The molecule has 1 N–H and O–H groups in total. The van der Waals surface area contributed by atoms with Crippen molar-refractivity contribution in [2.75, 3.05) is 19.7 Å². The lowest BCUT2D eigenvalue weighted by Gasteiger charge is -2.43. The van der Waals surface area contributed by atoms with Crippen LogP contribution in [0.1, 0.15) is 49.8 Å². The minimum atomic E-state index is -0.820. The van der Waals surface area contributed by atoms with Gasteiger partial charge < -0.3 is 9.84 Å². The summed E-state index contributed by atoms with van der Waals surface area (Å²) in [5, 5.41) is 8.76. The van der Waals surface area contributed by atoms with E-state index in [1.807, 2.05) is 31.2 Å². The maximum Gasteiger partial charge on any atom is 0.303 e. The Balaban J connectivity index is 0.000000782. The van der Waals surface area contributed by atoms with Crippen LogP contribution in [0, 0.1) is 17.6 Å². The third-order valence-electron chi connectivity index (χ3n) is 5.31. The van der Waals surface area contributed by atoms with Gasteiger partial charge in [0.15, 0.2) is 0 Å². The van der Waals surface area contributed by atoms with E-state index in [9.17, 15) is 13.6 Å². The summed E-state index contributed by atoms with van der Waals surface area (Å²) in [5.74, 6) is -0.588. The van der Waals surface area contributed by atoms with Gasteiger partial charge in [0.05, 0.1) is 6.61 Å². The van der Waals surface area contributed by atoms with E-state index in [0.717, 1.165) is 30.5 Å². The first-order valence-corrected chi connectivity index (χ1v) is 10.5. The molecule has 6 heteroatoms. The average molecular weight is 417 g/mol. The molecular formula is C24H29F2NO3. The molecule has 1 atom stereocenters. The summed E-state index contributed by atoms with van der Waals surface area (Å²) in [6.45, 7) is 3.93. The molecule has 4 nitrogen and oxygen atoms in total. The standard InChI is InChI=1S/C21H23F2NO3.C3H6/c1-14(19-10-17(22)6-7-20(19)23)24-11-16(12-24)13-27-18-4-2-3-15(9-18)5-8-21(25)26;1-2-3-1/h2-4,6-7,9-10,14,16H,5,8,11-13H2,1H3,(H,25,26);1-3H2. The van der Waals surface area contributed by atoms with Crippen LogP contribution in [-0.2, 0) is 11.2 Å². The zero-order valence-corrected chi connectivity index (χ0v) is 17.3. The predicted octanol–water partition coefficient (Wildman–Crippen LogP) is 5.22. The molecule has 1 aliphatic carbocycles. The van der Waals surface area contributed by atoms with Crippen LogP contribution in [0.15, 0.2) is 42.5 Å². The first-order chi connectivity index (χ1) is 14.4. The normalized spacial score (nSPS) is 16.8. The zero-order chi connectivity index (χ0) is 21.5. The highest BCUT2D eigenvalue weighted by Crippen LogP contribution is 2.30. The van der Waals surface area contributed by atoms with Crippen molar-refractivity contribution < 1.29 is 23.4 Å². The fourth-order valence-corrected chi connectivity index (χ4v) is 3.32. The second-order valence-electron chi connectivity index (χ2n) is 8.07. The second-order valence-corrected chi connectivity index (χ2v) is 8.07. The van der Waals surface area contributed by atoms with Crippen LogP contribution in [0.5, 0.6) is 5.75 Å². The molecular weight excluding hydrogens is 388 g/mol. The molecule has 0 spiro atoms. The Kier molecular flexibility index (Phi) is 7.80. The third kappa shape index (κ3) is 6.80. The van der Waals surface area contributed by atoms with Gasteiger partial charge in [-0.25, -0.2) is 8.78 Å². The number of hydrogen-bond acceptors (Lipinski definition) is 3. The molecule has 0 aromatic heterocycles. The third-order valence-corrected chi connectivity index (χ3v) is 5.31. The molecule has 162 valence electrons. The largest absolute Gasteiger partial charge is 0.493 e. The highest BCUT2D eigenvalue weighted by molar-refractivity contribution is 5.67. The van der Waals surface area contributed by atoms with Gasteiger partial charge in [-0.2, -0.15) is 0 Å². The fourth-order valence-electron chi connectivity index (χ4n) is 3.32. The summed E-state index contributed by atoms with van der Waals surface area (Å²) in [4.78, 5) is 12.8. The number of carboxylic acid groups (broad SMARTS) is 1. The first-order valence-electron chi connectivity index (χ1n) is 10.5. The van der Waals surface area contributed by atoms with Crippen molar-refractivity contribution in [3.8, 4) is 5.75 Å². The van der Waals surface area contributed by atoms with E-state index in [1.165, 1.54) is 31.4 Å². The van der Waals surface area contributed by atoms with Gasteiger partial charge in [-0.3, -0.25) is 9.69 Å². The van der Waals surface area contributed by atoms with Gasteiger partial charge >= 0.3 is 5.97 Å². The number of likely N-dealkylation sites (tertiary alicyclic amines) is 1. The molecule has 30 heavy (non-hydrogen) atoms. The number of ether oxygens (including phenoxy) is 1. The van der Waals surface area contributed by atoms with Gasteiger partial charge in [0, 0.05) is 37.0 Å². The van der Waals surface area contributed by atoms with E-state index < -0.39 is 11.8 Å². The number of carbonyl (C=O) groups is 1. The van der Waals surface area contributed by atoms with Gasteiger partial charge in [0.2, 0.25) is 0 Å². The Hall–Kier alpha value is -2.47. The molecule has 0 bridgehead atoms. The second kappa shape index (κ2) is 10.5. The van der Waals surface area contributed by atoms with Crippen LogP contribution in [0.25, 0.3) is 0 Å². The molecule has 1 saturated carbocycles. The van der Waals surface area contributed by atoms with Crippen LogP contribution in [0.2, 0.25) is 0 Å². The average Bonchev–Trinajstić information content (AvgIpc) is 3.56. The number of hydrogen-bond donors (Lipinski definition) is 1. The molecule has 1 saturated heterocycles. The Bertz CT molecular complexity index is 847. The van der Waals surface area contributed by atoms with Gasteiger partial charge in [-0.15, -0.1) is 0 Å². The number of rotatable bonds is 8. The molecule has 2 fully saturated rings. The smallest absolute Gasteiger partial charge is 0.303 e. The Morgan fingerprint density at radius 3 is 2.57 bits per heavy atom. The molecule has 2 aromatic rings. The summed E-state index contributed by atoms with van der Waals surface area (Å²) in [5.41, 5.74) is 1.31. The monoisotopic (exact) mass is 417 g/mol. The highest BCUT2D eigenvalue weighted by Gasteiger charge is 2.32. The topological polar surface area (TPSA) is 49.8 Å². The van der Waals surface area contributed by atoms with E-state index in [4.69, 9.17) is 9.84 Å². The lowest BCUT2D eigenvalue weighted by molar-refractivity contribution is -0.136. The Morgan fingerprint density at radius 1 is 1.17 bits per heavy atom. The lowest BCUT2D eigenvalue weighted by Crippen LogP contribution is -2.50. The highest BCUT2D eigenvalue weighted by atomic mass is 19.1. The molecule has 4 rings (SSSR count). The summed E-state index contributed by atoms with van der Waals surface area (Å²) in [7, 11) is 0.